The molecule has 0 aromatic rings. The van der Waals surface area contributed by atoms with Gasteiger partial charge in [0.15, 0.2) is 0 Å². The summed E-state index contributed by atoms with van der Waals surface area (Å²) in [5.74, 6) is -0.889. The summed E-state index contributed by atoms with van der Waals surface area (Å²) >= 11 is 0. The predicted octanol–water partition coefficient (Wildman–Crippen LogP) is 5.26. The molecule has 0 saturated carbocycles. The van der Waals surface area contributed by atoms with E-state index < -0.39 is 25.0 Å². The Hall–Kier alpha value is -0.420. The molecule has 6 nitrogen and oxygen atoms in total. The lowest BCUT2D eigenvalue weighted by Gasteiger charge is -2.30. The Kier molecular flexibility index (Phi) is 12.7. The average Bonchev–Trinajstić information content (AvgIpc) is 2.52. The SMILES string of the molecule is CCCCCCCC(NC(C)C(=O)OC(C)(C)C)P(=O)(OCC)OCC. The Morgan fingerprint density at radius 3 is 2.00 bits per heavy atom. The van der Waals surface area contributed by atoms with Crippen LogP contribution in [0, 0.1) is 0 Å². The Bertz CT molecular complexity index is 426. The van der Waals surface area contributed by atoms with Crippen LogP contribution in [0.5, 0.6) is 0 Å². The number of esters is 1. The normalized spacial score (nSPS) is 14.9. The maximum Gasteiger partial charge on any atom is 0.347 e. The minimum absolute atomic E-state index is 0.298. The predicted molar refractivity (Wildman–Crippen MR) is 106 cm³/mol. The maximum atomic E-state index is 13.2. The van der Waals surface area contributed by atoms with Crippen LogP contribution in [0.4, 0.5) is 0 Å². The van der Waals surface area contributed by atoms with Crippen LogP contribution in [-0.2, 0) is 23.1 Å². The Labute approximate surface area is 160 Å². The summed E-state index contributed by atoms with van der Waals surface area (Å²) in [5, 5.41) is 3.15. The van der Waals surface area contributed by atoms with E-state index in [1.54, 1.807) is 20.8 Å². The van der Waals surface area contributed by atoms with Crippen LogP contribution >= 0.6 is 7.60 Å². The zero-order valence-corrected chi connectivity index (χ0v) is 18.7. The van der Waals surface area contributed by atoms with Crippen molar-refractivity contribution in [1.82, 2.24) is 5.32 Å². The number of ether oxygens (including phenoxy) is 1. The van der Waals surface area contributed by atoms with E-state index in [2.05, 4.69) is 12.2 Å². The first-order valence-corrected chi connectivity index (χ1v) is 11.6. The molecular formula is C19H40NO5P. The van der Waals surface area contributed by atoms with Gasteiger partial charge < -0.3 is 13.8 Å². The third-order valence-corrected chi connectivity index (χ3v) is 6.19. The molecule has 0 amide bonds. The highest BCUT2D eigenvalue weighted by Crippen LogP contribution is 2.53. The van der Waals surface area contributed by atoms with E-state index in [-0.39, 0.29) is 5.97 Å². The largest absolute Gasteiger partial charge is 0.459 e. The van der Waals surface area contributed by atoms with Gasteiger partial charge in [0, 0.05) is 0 Å². The van der Waals surface area contributed by atoms with Crippen molar-refractivity contribution >= 4 is 13.6 Å². The quantitative estimate of drug-likeness (QED) is 0.246. The van der Waals surface area contributed by atoms with Crippen molar-refractivity contribution in [3.63, 3.8) is 0 Å². The van der Waals surface area contributed by atoms with Gasteiger partial charge in [0.25, 0.3) is 0 Å². The fraction of sp³-hybridized carbons (Fsp3) is 0.947. The van der Waals surface area contributed by atoms with Crippen molar-refractivity contribution in [2.75, 3.05) is 13.2 Å². The molecule has 0 rings (SSSR count). The van der Waals surface area contributed by atoms with Crippen LogP contribution in [-0.4, -0.2) is 36.6 Å². The molecule has 156 valence electrons. The van der Waals surface area contributed by atoms with Crippen molar-refractivity contribution < 1.29 is 23.1 Å². The third-order valence-electron chi connectivity index (χ3n) is 3.78. The Balaban J connectivity index is 5.05. The molecule has 0 aliphatic rings. The highest BCUT2D eigenvalue weighted by molar-refractivity contribution is 7.54. The number of hydrogen-bond acceptors (Lipinski definition) is 6. The molecule has 0 radical (unpaired) electrons. The molecule has 0 saturated heterocycles. The summed E-state index contributed by atoms with van der Waals surface area (Å²) in [6, 6.07) is -0.593. The van der Waals surface area contributed by atoms with E-state index in [1.165, 1.54) is 12.8 Å². The average molecular weight is 394 g/mol. The van der Waals surface area contributed by atoms with Gasteiger partial charge in [-0.1, -0.05) is 39.0 Å². The van der Waals surface area contributed by atoms with Gasteiger partial charge in [-0.25, -0.2) is 0 Å². The van der Waals surface area contributed by atoms with Crippen LogP contribution < -0.4 is 5.32 Å². The molecular weight excluding hydrogens is 353 g/mol. The maximum absolute atomic E-state index is 13.2. The van der Waals surface area contributed by atoms with Gasteiger partial charge in [-0.05, 0) is 48.0 Å². The molecule has 0 bridgehead atoms. The minimum atomic E-state index is -3.35. The Morgan fingerprint density at radius 2 is 1.54 bits per heavy atom. The zero-order chi connectivity index (χ0) is 20.2. The van der Waals surface area contributed by atoms with Crippen molar-refractivity contribution in [3.8, 4) is 0 Å². The van der Waals surface area contributed by atoms with Crippen molar-refractivity contribution in [3.05, 3.63) is 0 Å². The topological polar surface area (TPSA) is 73.9 Å². The molecule has 0 aromatic heterocycles. The van der Waals surface area contributed by atoms with E-state index >= 15 is 0 Å². The first-order chi connectivity index (χ1) is 12.1. The van der Waals surface area contributed by atoms with Crippen molar-refractivity contribution in [2.45, 2.75) is 104 Å². The van der Waals surface area contributed by atoms with Gasteiger partial charge in [-0.2, -0.15) is 0 Å². The Morgan fingerprint density at radius 1 is 1.00 bits per heavy atom. The van der Waals surface area contributed by atoms with Crippen LogP contribution in [0.3, 0.4) is 0 Å². The molecule has 0 spiro atoms. The lowest BCUT2D eigenvalue weighted by atomic mass is 10.1. The number of nitrogens with one attached hydrogen (secondary N) is 1. The molecule has 1 N–H and O–H groups in total. The van der Waals surface area contributed by atoms with Gasteiger partial charge in [-0.15, -0.1) is 0 Å². The minimum Gasteiger partial charge on any atom is -0.459 e. The number of hydrogen-bond donors (Lipinski definition) is 1. The second kappa shape index (κ2) is 12.9. The summed E-state index contributed by atoms with van der Waals surface area (Å²) in [5.41, 5.74) is -0.563. The molecule has 0 aliphatic carbocycles. The van der Waals surface area contributed by atoms with E-state index in [0.29, 0.717) is 19.6 Å². The molecule has 2 atom stereocenters. The summed E-state index contributed by atoms with van der Waals surface area (Å²) in [7, 11) is -3.35. The summed E-state index contributed by atoms with van der Waals surface area (Å²) in [6.07, 6.45) is 6.12. The fourth-order valence-corrected chi connectivity index (χ4v) is 4.66. The lowest BCUT2D eigenvalue weighted by molar-refractivity contribution is -0.157. The second-order valence-corrected chi connectivity index (χ2v) is 9.74. The van der Waals surface area contributed by atoms with Gasteiger partial charge >= 0.3 is 13.6 Å². The molecule has 2 unspecified atom stereocenters. The van der Waals surface area contributed by atoms with Crippen molar-refractivity contribution in [1.29, 1.82) is 0 Å². The molecule has 7 heteroatoms. The van der Waals surface area contributed by atoms with Crippen LogP contribution in [0.15, 0.2) is 0 Å². The van der Waals surface area contributed by atoms with Gasteiger partial charge in [-0.3, -0.25) is 14.7 Å². The first-order valence-electron chi connectivity index (χ1n) is 9.97. The standard InChI is InChI=1S/C19H40NO5P/c1-8-11-12-13-14-15-17(26(22,23-9-2)24-10-3)20-16(4)18(21)25-19(5,6)7/h16-17,20H,8-15H2,1-7H3. The number of unbranched alkanes of at least 4 members (excludes halogenated alkanes) is 4. The van der Waals surface area contributed by atoms with Gasteiger partial charge in [0.2, 0.25) is 0 Å². The first kappa shape index (κ1) is 25.6. The van der Waals surface area contributed by atoms with Crippen molar-refractivity contribution in [2.24, 2.45) is 0 Å². The molecule has 0 heterocycles. The summed E-state index contributed by atoms with van der Waals surface area (Å²) in [4.78, 5) is 12.3. The number of carbonyl (C=O) groups excluding carboxylic acids is 1. The lowest BCUT2D eigenvalue weighted by Crippen LogP contribution is -2.44. The smallest absolute Gasteiger partial charge is 0.347 e. The highest BCUT2D eigenvalue weighted by Gasteiger charge is 2.37. The molecule has 0 aliphatic heterocycles. The summed E-state index contributed by atoms with van der Waals surface area (Å²) in [6.45, 7) is 13.6. The zero-order valence-electron chi connectivity index (χ0n) is 17.8. The second-order valence-electron chi connectivity index (χ2n) is 7.52. The van der Waals surface area contributed by atoms with E-state index in [1.807, 2.05) is 20.8 Å². The highest BCUT2D eigenvalue weighted by atomic mass is 31.2. The molecule has 0 fully saturated rings. The molecule has 0 aromatic carbocycles. The molecule has 26 heavy (non-hydrogen) atoms. The third kappa shape index (κ3) is 10.7. The van der Waals surface area contributed by atoms with Gasteiger partial charge in [0.1, 0.15) is 17.4 Å². The van der Waals surface area contributed by atoms with E-state index in [4.69, 9.17) is 13.8 Å². The number of carbonyl (C=O) groups is 1. The van der Waals surface area contributed by atoms with Crippen LogP contribution in [0.2, 0.25) is 0 Å². The van der Waals surface area contributed by atoms with E-state index in [9.17, 15) is 9.36 Å². The fourth-order valence-electron chi connectivity index (χ4n) is 2.60. The monoisotopic (exact) mass is 393 g/mol. The number of rotatable bonds is 14. The summed E-state index contributed by atoms with van der Waals surface area (Å²) < 4.78 is 29.7. The van der Waals surface area contributed by atoms with E-state index in [0.717, 1.165) is 19.3 Å². The van der Waals surface area contributed by atoms with Crippen LogP contribution in [0.25, 0.3) is 0 Å². The van der Waals surface area contributed by atoms with Crippen LogP contribution in [0.1, 0.15) is 87.0 Å². The van der Waals surface area contributed by atoms with Gasteiger partial charge in [0.05, 0.1) is 13.2 Å².